The molecule has 20 heavy (non-hydrogen) atoms. The molecule has 1 N–H and O–H groups in total. The van der Waals surface area contributed by atoms with Crippen LogP contribution in [0.25, 0.3) is 0 Å². The van der Waals surface area contributed by atoms with Crippen molar-refractivity contribution >= 4 is 11.9 Å². The molecule has 0 radical (unpaired) electrons. The molecule has 2 heterocycles. The van der Waals surface area contributed by atoms with Gasteiger partial charge in [0.25, 0.3) is 0 Å². The van der Waals surface area contributed by atoms with E-state index in [-0.39, 0.29) is 5.91 Å². The number of nitrogens with zero attached hydrogens (tertiary/aromatic N) is 2. The van der Waals surface area contributed by atoms with Crippen LogP contribution >= 0.6 is 0 Å². The van der Waals surface area contributed by atoms with Gasteiger partial charge in [0.2, 0.25) is 5.91 Å². The number of carboxylic acids is 1. The first kappa shape index (κ1) is 15.3. The lowest BCUT2D eigenvalue weighted by molar-refractivity contribution is -0.148. The first-order valence-corrected chi connectivity index (χ1v) is 7.93. The maximum atomic E-state index is 12.2. The Morgan fingerprint density at radius 1 is 0.950 bits per heavy atom. The van der Waals surface area contributed by atoms with E-state index < -0.39 is 12.0 Å². The maximum absolute atomic E-state index is 12.2. The summed E-state index contributed by atoms with van der Waals surface area (Å²) in [5.41, 5.74) is 0. The molecule has 0 unspecified atom stereocenters. The maximum Gasteiger partial charge on any atom is 0.326 e. The molecule has 0 aromatic carbocycles. The summed E-state index contributed by atoms with van der Waals surface area (Å²) in [7, 11) is 0. The Kier molecular flexibility index (Phi) is 5.83. The Labute approximate surface area is 120 Å². The Bertz CT molecular complexity index is 338. The fourth-order valence-corrected chi connectivity index (χ4v) is 3.26. The number of carbonyl (C=O) groups is 2. The predicted molar refractivity (Wildman–Crippen MR) is 76.5 cm³/mol. The summed E-state index contributed by atoms with van der Waals surface area (Å²) in [4.78, 5) is 27.2. The van der Waals surface area contributed by atoms with Crippen LogP contribution in [0.1, 0.15) is 51.4 Å². The number of likely N-dealkylation sites (tertiary alicyclic amines) is 2. The van der Waals surface area contributed by atoms with E-state index in [9.17, 15) is 9.59 Å². The minimum absolute atomic E-state index is 0.0111. The first-order valence-electron chi connectivity index (χ1n) is 7.93. The molecule has 2 fully saturated rings. The Morgan fingerprint density at radius 2 is 1.60 bits per heavy atom. The monoisotopic (exact) mass is 282 g/mol. The summed E-state index contributed by atoms with van der Waals surface area (Å²) in [6.45, 7) is 3.54. The molecule has 5 nitrogen and oxygen atoms in total. The van der Waals surface area contributed by atoms with Gasteiger partial charge >= 0.3 is 5.97 Å². The van der Waals surface area contributed by atoms with Crippen LogP contribution in [0.3, 0.4) is 0 Å². The Morgan fingerprint density at radius 3 is 2.25 bits per heavy atom. The van der Waals surface area contributed by atoms with Gasteiger partial charge < -0.3 is 14.9 Å². The number of hydrogen-bond acceptors (Lipinski definition) is 3. The summed E-state index contributed by atoms with van der Waals surface area (Å²) in [6.07, 6.45) is 8.22. The smallest absolute Gasteiger partial charge is 0.326 e. The standard InChI is InChI=1S/C15H26N2O3/c18-14(17-11-6-7-13(17)15(19)20)8-12-16-9-4-2-1-3-5-10-16/h13H,1-12H2,(H,19,20)/t13-/m0/s1. The molecule has 0 spiro atoms. The molecule has 1 atom stereocenters. The number of rotatable bonds is 4. The molecule has 114 valence electrons. The highest BCUT2D eigenvalue weighted by atomic mass is 16.4. The molecule has 0 bridgehead atoms. The lowest BCUT2D eigenvalue weighted by atomic mass is 10.1. The summed E-state index contributed by atoms with van der Waals surface area (Å²) < 4.78 is 0. The first-order chi connectivity index (χ1) is 9.68. The largest absolute Gasteiger partial charge is 0.480 e. The van der Waals surface area contributed by atoms with E-state index in [1.807, 2.05) is 0 Å². The highest BCUT2D eigenvalue weighted by molar-refractivity contribution is 5.84. The average molecular weight is 282 g/mol. The zero-order valence-corrected chi connectivity index (χ0v) is 12.2. The van der Waals surface area contributed by atoms with Crippen LogP contribution in [0.4, 0.5) is 0 Å². The predicted octanol–water partition coefficient (Wildman–Crippen LogP) is 1.72. The van der Waals surface area contributed by atoms with Gasteiger partial charge in [0.15, 0.2) is 0 Å². The lowest BCUT2D eigenvalue weighted by Gasteiger charge is -2.26. The molecule has 1 amide bonds. The molecule has 2 aliphatic rings. The van der Waals surface area contributed by atoms with E-state index in [4.69, 9.17) is 5.11 Å². The minimum atomic E-state index is -0.859. The van der Waals surface area contributed by atoms with Crippen LogP contribution in [-0.4, -0.2) is 59.0 Å². The topological polar surface area (TPSA) is 60.9 Å². The fourth-order valence-electron chi connectivity index (χ4n) is 3.26. The van der Waals surface area contributed by atoms with Crippen LogP contribution < -0.4 is 0 Å². The van der Waals surface area contributed by atoms with Crippen molar-refractivity contribution in [3.63, 3.8) is 0 Å². The number of amides is 1. The van der Waals surface area contributed by atoms with Crippen molar-refractivity contribution in [3.8, 4) is 0 Å². The second-order valence-corrected chi connectivity index (χ2v) is 5.94. The summed E-state index contributed by atoms with van der Waals surface area (Å²) in [5, 5.41) is 9.11. The van der Waals surface area contributed by atoms with Gasteiger partial charge in [-0.3, -0.25) is 4.79 Å². The molecule has 0 aromatic heterocycles. The van der Waals surface area contributed by atoms with Crippen LogP contribution in [0.5, 0.6) is 0 Å². The van der Waals surface area contributed by atoms with Crippen molar-refractivity contribution in [1.82, 2.24) is 9.80 Å². The van der Waals surface area contributed by atoms with E-state index in [1.165, 1.54) is 32.1 Å². The van der Waals surface area contributed by atoms with Gasteiger partial charge in [-0.1, -0.05) is 19.3 Å². The number of carbonyl (C=O) groups excluding carboxylic acids is 1. The SMILES string of the molecule is O=C(O)[C@@H]1CCCN1C(=O)CCN1CCCCCCC1. The average Bonchev–Trinajstić information content (AvgIpc) is 2.86. The zero-order chi connectivity index (χ0) is 14.4. The highest BCUT2D eigenvalue weighted by Crippen LogP contribution is 2.19. The third-order valence-electron chi connectivity index (χ3n) is 4.45. The van der Waals surface area contributed by atoms with Crippen LogP contribution in [0.15, 0.2) is 0 Å². The molecule has 0 aromatic rings. The third kappa shape index (κ3) is 4.20. The van der Waals surface area contributed by atoms with E-state index in [1.54, 1.807) is 4.90 Å². The van der Waals surface area contributed by atoms with Gasteiger partial charge in [0.05, 0.1) is 0 Å². The minimum Gasteiger partial charge on any atom is -0.480 e. The van der Waals surface area contributed by atoms with Crippen molar-refractivity contribution in [2.75, 3.05) is 26.2 Å². The molecule has 2 aliphatic heterocycles. The van der Waals surface area contributed by atoms with E-state index in [0.717, 1.165) is 26.1 Å². The van der Waals surface area contributed by atoms with Gasteiger partial charge in [0, 0.05) is 19.5 Å². The number of hydrogen-bond donors (Lipinski definition) is 1. The second kappa shape index (κ2) is 7.62. The van der Waals surface area contributed by atoms with E-state index in [2.05, 4.69) is 4.90 Å². The van der Waals surface area contributed by atoms with Gasteiger partial charge in [0.1, 0.15) is 6.04 Å². The second-order valence-electron chi connectivity index (χ2n) is 5.94. The molecule has 0 aliphatic carbocycles. The number of carboxylic acid groups (broad SMARTS) is 1. The van der Waals surface area contributed by atoms with Crippen molar-refractivity contribution in [2.24, 2.45) is 0 Å². The molecule has 2 rings (SSSR count). The molecule has 5 heteroatoms. The van der Waals surface area contributed by atoms with Crippen LogP contribution in [0.2, 0.25) is 0 Å². The van der Waals surface area contributed by atoms with E-state index in [0.29, 0.717) is 19.4 Å². The summed E-state index contributed by atoms with van der Waals surface area (Å²) in [6, 6.07) is -0.588. The van der Waals surface area contributed by atoms with Gasteiger partial charge in [-0.2, -0.15) is 0 Å². The van der Waals surface area contributed by atoms with Crippen molar-refractivity contribution in [1.29, 1.82) is 0 Å². The van der Waals surface area contributed by atoms with Crippen LogP contribution in [-0.2, 0) is 9.59 Å². The molecular weight excluding hydrogens is 256 g/mol. The van der Waals surface area contributed by atoms with Crippen molar-refractivity contribution in [2.45, 2.75) is 57.4 Å². The Balaban J connectivity index is 1.77. The summed E-state index contributed by atoms with van der Waals surface area (Å²) >= 11 is 0. The highest BCUT2D eigenvalue weighted by Gasteiger charge is 2.33. The zero-order valence-electron chi connectivity index (χ0n) is 12.2. The van der Waals surface area contributed by atoms with Gasteiger partial charge in [-0.25, -0.2) is 4.79 Å². The Hall–Kier alpha value is -1.10. The van der Waals surface area contributed by atoms with Crippen molar-refractivity contribution in [3.05, 3.63) is 0 Å². The van der Waals surface area contributed by atoms with Gasteiger partial charge in [-0.15, -0.1) is 0 Å². The quantitative estimate of drug-likeness (QED) is 0.853. The lowest BCUT2D eigenvalue weighted by Crippen LogP contribution is -2.42. The third-order valence-corrected chi connectivity index (χ3v) is 4.45. The number of aliphatic carboxylic acids is 1. The molecule has 2 saturated heterocycles. The van der Waals surface area contributed by atoms with Crippen LogP contribution in [0, 0.1) is 0 Å². The van der Waals surface area contributed by atoms with Gasteiger partial charge in [-0.05, 0) is 38.8 Å². The molecular formula is C15H26N2O3. The fraction of sp³-hybridized carbons (Fsp3) is 0.867. The van der Waals surface area contributed by atoms with E-state index >= 15 is 0 Å². The summed E-state index contributed by atoms with van der Waals surface area (Å²) in [5.74, 6) is -0.848. The normalized spacial score (nSPS) is 25.2. The van der Waals surface area contributed by atoms with Crippen molar-refractivity contribution < 1.29 is 14.7 Å². The molecule has 0 saturated carbocycles.